The summed E-state index contributed by atoms with van der Waals surface area (Å²) in [5.41, 5.74) is 0.855. The molecule has 3 aromatic heterocycles. The van der Waals surface area contributed by atoms with Gasteiger partial charge < -0.3 is 4.90 Å². The van der Waals surface area contributed by atoms with Crippen LogP contribution in [0.5, 0.6) is 0 Å². The topological polar surface area (TPSA) is 72.1 Å². The highest BCUT2D eigenvalue weighted by Gasteiger charge is 2.36. The van der Waals surface area contributed by atoms with Crippen LogP contribution in [0.25, 0.3) is 5.82 Å². The van der Waals surface area contributed by atoms with Gasteiger partial charge in [0.05, 0.1) is 17.8 Å². The molecule has 4 rings (SSSR count). The fourth-order valence-electron chi connectivity index (χ4n) is 3.86. The van der Waals surface area contributed by atoms with E-state index in [0.717, 1.165) is 17.5 Å². The minimum absolute atomic E-state index is 0.0323. The zero-order valence-corrected chi connectivity index (χ0v) is 17.9. The van der Waals surface area contributed by atoms with Crippen molar-refractivity contribution in [3.05, 3.63) is 63.8 Å². The molecule has 0 bridgehead atoms. The number of aryl methyl sites for hydroxylation is 2. The van der Waals surface area contributed by atoms with Crippen molar-refractivity contribution in [2.45, 2.75) is 26.6 Å². The molecule has 0 spiro atoms. The van der Waals surface area contributed by atoms with E-state index < -0.39 is 11.7 Å². The Morgan fingerprint density at radius 3 is 2.41 bits per heavy atom. The molecule has 1 saturated heterocycles. The van der Waals surface area contributed by atoms with Gasteiger partial charge in [-0.15, -0.1) is 5.10 Å². The number of nitrogens with zero attached hydrogens (tertiary/aromatic N) is 7. The zero-order valence-electron chi connectivity index (χ0n) is 17.9. The van der Waals surface area contributed by atoms with Gasteiger partial charge in [0.25, 0.3) is 5.56 Å². The van der Waals surface area contributed by atoms with Gasteiger partial charge in [-0.2, -0.15) is 18.3 Å². The van der Waals surface area contributed by atoms with Gasteiger partial charge in [-0.3, -0.25) is 9.69 Å². The normalized spacial score (nSPS) is 15.3. The first-order valence-electron chi connectivity index (χ1n) is 10.3. The molecule has 4 heterocycles. The van der Waals surface area contributed by atoms with E-state index in [9.17, 15) is 18.0 Å². The molecule has 8 nitrogen and oxygen atoms in total. The molecule has 32 heavy (non-hydrogen) atoms. The van der Waals surface area contributed by atoms with E-state index in [0.29, 0.717) is 45.1 Å². The lowest BCUT2D eigenvalue weighted by atomic mass is 10.2. The van der Waals surface area contributed by atoms with E-state index in [2.05, 4.69) is 20.1 Å². The number of halogens is 3. The summed E-state index contributed by atoms with van der Waals surface area (Å²) in [6.07, 6.45) is -3.06. The number of aromatic nitrogens is 5. The summed E-state index contributed by atoms with van der Waals surface area (Å²) in [5, 5.41) is 8.83. The summed E-state index contributed by atoms with van der Waals surface area (Å²) in [6.45, 7) is 6.74. The molecule has 0 aromatic carbocycles. The molecule has 0 amide bonds. The number of alkyl halides is 3. The lowest BCUT2D eigenvalue weighted by molar-refractivity contribution is -0.137. The van der Waals surface area contributed by atoms with Crippen LogP contribution in [0.3, 0.4) is 0 Å². The van der Waals surface area contributed by atoms with E-state index in [-0.39, 0.29) is 11.4 Å². The molecule has 3 aromatic rings. The highest BCUT2D eigenvalue weighted by molar-refractivity contribution is 5.48. The number of piperazine rings is 1. The maximum absolute atomic E-state index is 13.3. The first kappa shape index (κ1) is 22.0. The van der Waals surface area contributed by atoms with E-state index in [1.54, 1.807) is 15.6 Å². The standard InChI is InChI=1S/C21H24F3N7O/c1-15-14-16(2)31(26-15)18-5-6-19(32)30(27-18)13-10-28-8-11-29(12-9-28)20-17(21(22,23)24)4-3-7-25-20/h3-7,14H,8-13H2,1-2H3. The Hall–Kier alpha value is -3.21. The third kappa shape index (κ3) is 4.67. The quantitative estimate of drug-likeness (QED) is 0.598. The van der Waals surface area contributed by atoms with Gasteiger partial charge in [0, 0.05) is 50.7 Å². The monoisotopic (exact) mass is 447 g/mol. The smallest absolute Gasteiger partial charge is 0.354 e. The van der Waals surface area contributed by atoms with Crippen LogP contribution in [0.4, 0.5) is 19.0 Å². The van der Waals surface area contributed by atoms with Crippen molar-refractivity contribution >= 4 is 5.82 Å². The highest BCUT2D eigenvalue weighted by atomic mass is 19.4. The molecular weight excluding hydrogens is 423 g/mol. The molecule has 0 aliphatic carbocycles. The third-order valence-corrected chi connectivity index (χ3v) is 5.47. The van der Waals surface area contributed by atoms with E-state index in [4.69, 9.17) is 0 Å². The minimum atomic E-state index is -4.44. The number of hydrogen-bond acceptors (Lipinski definition) is 6. The fourth-order valence-corrected chi connectivity index (χ4v) is 3.86. The predicted octanol–water partition coefficient (Wildman–Crippen LogP) is 2.28. The molecule has 0 atom stereocenters. The van der Waals surface area contributed by atoms with Crippen molar-refractivity contribution < 1.29 is 13.2 Å². The molecule has 170 valence electrons. The van der Waals surface area contributed by atoms with Gasteiger partial charge in [-0.1, -0.05) is 0 Å². The average Bonchev–Trinajstić information content (AvgIpc) is 3.11. The van der Waals surface area contributed by atoms with Crippen LogP contribution in [0.2, 0.25) is 0 Å². The Morgan fingerprint density at radius 1 is 1.00 bits per heavy atom. The second-order valence-corrected chi connectivity index (χ2v) is 7.79. The van der Waals surface area contributed by atoms with Crippen LogP contribution in [0, 0.1) is 13.8 Å². The molecule has 0 radical (unpaired) electrons. The van der Waals surface area contributed by atoms with E-state index in [1.165, 1.54) is 23.0 Å². The summed E-state index contributed by atoms with van der Waals surface area (Å²) >= 11 is 0. The summed E-state index contributed by atoms with van der Waals surface area (Å²) in [7, 11) is 0. The molecule has 1 aliphatic rings. The first-order valence-corrected chi connectivity index (χ1v) is 10.3. The Labute approximate surface area is 182 Å². The van der Waals surface area contributed by atoms with Crippen molar-refractivity contribution in [1.82, 2.24) is 29.4 Å². The third-order valence-electron chi connectivity index (χ3n) is 5.47. The number of pyridine rings is 1. The van der Waals surface area contributed by atoms with Crippen molar-refractivity contribution in [3.8, 4) is 5.82 Å². The van der Waals surface area contributed by atoms with Gasteiger partial charge in [0.15, 0.2) is 5.82 Å². The maximum atomic E-state index is 13.3. The summed E-state index contributed by atoms with van der Waals surface area (Å²) < 4.78 is 42.9. The van der Waals surface area contributed by atoms with Crippen LogP contribution in [-0.2, 0) is 12.7 Å². The Balaban J connectivity index is 1.40. The van der Waals surface area contributed by atoms with Crippen LogP contribution >= 0.6 is 0 Å². The Bertz CT molecular complexity index is 1150. The molecule has 0 unspecified atom stereocenters. The van der Waals surface area contributed by atoms with Crippen LogP contribution in [0.15, 0.2) is 41.3 Å². The Morgan fingerprint density at radius 2 is 1.75 bits per heavy atom. The number of rotatable bonds is 5. The fraction of sp³-hybridized carbons (Fsp3) is 0.429. The first-order chi connectivity index (χ1) is 15.2. The van der Waals surface area contributed by atoms with Crippen LogP contribution in [0.1, 0.15) is 17.0 Å². The number of hydrogen-bond donors (Lipinski definition) is 0. The van der Waals surface area contributed by atoms with Gasteiger partial charge in [0.1, 0.15) is 5.82 Å². The molecule has 0 N–H and O–H groups in total. The van der Waals surface area contributed by atoms with Gasteiger partial charge in [0.2, 0.25) is 0 Å². The minimum Gasteiger partial charge on any atom is -0.354 e. The van der Waals surface area contributed by atoms with Gasteiger partial charge >= 0.3 is 6.18 Å². The number of anilines is 1. The maximum Gasteiger partial charge on any atom is 0.419 e. The molecule has 0 saturated carbocycles. The highest BCUT2D eigenvalue weighted by Crippen LogP contribution is 2.35. The lowest BCUT2D eigenvalue weighted by Crippen LogP contribution is -2.48. The second-order valence-electron chi connectivity index (χ2n) is 7.79. The predicted molar refractivity (Wildman–Crippen MR) is 113 cm³/mol. The average molecular weight is 447 g/mol. The van der Waals surface area contributed by atoms with E-state index in [1.807, 2.05) is 19.9 Å². The van der Waals surface area contributed by atoms with Crippen molar-refractivity contribution in [2.75, 3.05) is 37.6 Å². The summed E-state index contributed by atoms with van der Waals surface area (Å²) in [4.78, 5) is 20.0. The van der Waals surface area contributed by atoms with Crippen molar-refractivity contribution in [1.29, 1.82) is 0 Å². The van der Waals surface area contributed by atoms with E-state index >= 15 is 0 Å². The Kier molecular flexibility index (Phi) is 6.00. The SMILES string of the molecule is Cc1cc(C)n(-c2ccc(=O)n(CCN3CCN(c4ncccc4C(F)(F)F)CC3)n2)n1. The second kappa shape index (κ2) is 8.73. The van der Waals surface area contributed by atoms with Crippen molar-refractivity contribution in [2.24, 2.45) is 0 Å². The summed E-state index contributed by atoms with van der Waals surface area (Å²) in [5.74, 6) is 0.532. The largest absolute Gasteiger partial charge is 0.419 e. The lowest BCUT2D eigenvalue weighted by Gasteiger charge is -2.36. The van der Waals surface area contributed by atoms with Crippen LogP contribution < -0.4 is 10.5 Å². The molecule has 11 heteroatoms. The van der Waals surface area contributed by atoms with Gasteiger partial charge in [-0.25, -0.2) is 14.3 Å². The molecular formula is C21H24F3N7O. The van der Waals surface area contributed by atoms with Gasteiger partial charge in [-0.05, 0) is 38.1 Å². The zero-order chi connectivity index (χ0) is 22.9. The molecule has 1 fully saturated rings. The summed E-state index contributed by atoms with van der Waals surface area (Å²) in [6, 6.07) is 7.40. The molecule has 1 aliphatic heterocycles. The van der Waals surface area contributed by atoms with Crippen LogP contribution in [-0.4, -0.2) is 62.2 Å². The van der Waals surface area contributed by atoms with Crippen molar-refractivity contribution in [3.63, 3.8) is 0 Å².